The number of hydrogen-bond donors (Lipinski definition) is 1. The van der Waals surface area contributed by atoms with Crippen LogP contribution in [0.25, 0.3) is 10.2 Å². The van der Waals surface area contributed by atoms with Crippen LogP contribution >= 0.6 is 11.3 Å². The summed E-state index contributed by atoms with van der Waals surface area (Å²) in [6, 6.07) is 18.6. The zero-order valence-corrected chi connectivity index (χ0v) is 15.7. The number of nitrogens with one attached hydrogen (secondary N) is 1. The molecule has 2 heterocycles. The minimum atomic E-state index is 0.0206. The average Bonchev–Trinajstić information content (AvgIpc) is 3.28. The van der Waals surface area contributed by atoms with Gasteiger partial charge in [-0.1, -0.05) is 42.5 Å². The summed E-state index contributed by atoms with van der Waals surface area (Å²) < 4.78 is 1.22. The van der Waals surface area contributed by atoms with Crippen molar-refractivity contribution in [1.29, 1.82) is 0 Å². The van der Waals surface area contributed by atoms with E-state index in [0.29, 0.717) is 6.54 Å². The predicted octanol–water partition coefficient (Wildman–Crippen LogP) is 4.31. The molecular weight excluding hydrogens is 342 g/mol. The third-order valence-corrected chi connectivity index (χ3v) is 6.12. The number of aromatic nitrogens is 1. The van der Waals surface area contributed by atoms with Gasteiger partial charge in [0.1, 0.15) is 5.01 Å². The SMILES string of the molecule is C[C@@H](NC(=O)CN1CCC[C@@H]1c1nc2ccccc2s1)c1ccccc1. The Morgan fingerprint density at radius 3 is 2.81 bits per heavy atom. The van der Waals surface area contributed by atoms with E-state index >= 15 is 0 Å². The number of nitrogens with zero attached hydrogens (tertiary/aromatic N) is 2. The molecule has 1 aromatic heterocycles. The topological polar surface area (TPSA) is 45.2 Å². The summed E-state index contributed by atoms with van der Waals surface area (Å²) >= 11 is 1.75. The van der Waals surface area contributed by atoms with E-state index in [1.165, 1.54) is 4.70 Å². The lowest BCUT2D eigenvalue weighted by atomic mass is 10.1. The van der Waals surface area contributed by atoms with Crippen molar-refractivity contribution in [3.63, 3.8) is 0 Å². The van der Waals surface area contributed by atoms with E-state index in [0.717, 1.165) is 35.5 Å². The van der Waals surface area contributed by atoms with Crippen LogP contribution in [0.15, 0.2) is 54.6 Å². The first-order chi connectivity index (χ1) is 12.7. The summed E-state index contributed by atoms with van der Waals surface area (Å²) in [7, 11) is 0. The van der Waals surface area contributed by atoms with Crippen molar-refractivity contribution in [3.8, 4) is 0 Å². The lowest BCUT2D eigenvalue weighted by Crippen LogP contribution is -2.38. The summed E-state index contributed by atoms with van der Waals surface area (Å²) in [5.74, 6) is 0.0781. The van der Waals surface area contributed by atoms with Gasteiger partial charge in [-0.15, -0.1) is 11.3 Å². The largest absolute Gasteiger partial charge is 0.348 e. The molecule has 1 N–H and O–H groups in total. The Morgan fingerprint density at radius 1 is 1.23 bits per heavy atom. The first-order valence-electron chi connectivity index (χ1n) is 9.14. The summed E-state index contributed by atoms with van der Waals surface area (Å²) in [6.45, 7) is 3.41. The number of rotatable bonds is 5. The van der Waals surface area contributed by atoms with Crippen molar-refractivity contribution in [2.45, 2.75) is 31.8 Å². The minimum absolute atomic E-state index is 0.0206. The molecular formula is C21H23N3OS. The van der Waals surface area contributed by atoms with Crippen LogP contribution in [0.2, 0.25) is 0 Å². The number of para-hydroxylation sites is 1. The van der Waals surface area contributed by atoms with Gasteiger partial charge in [-0.3, -0.25) is 9.69 Å². The second-order valence-corrected chi connectivity index (χ2v) is 7.91. The summed E-state index contributed by atoms with van der Waals surface area (Å²) in [5, 5.41) is 4.26. The van der Waals surface area contributed by atoms with Crippen LogP contribution in [0.3, 0.4) is 0 Å². The van der Waals surface area contributed by atoms with Gasteiger partial charge in [-0.2, -0.15) is 0 Å². The maximum absolute atomic E-state index is 12.6. The highest BCUT2D eigenvalue weighted by molar-refractivity contribution is 7.18. The van der Waals surface area contributed by atoms with Crippen molar-refractivity contribution in [2.24, 2.45) is 0 Å². The van der Waals surface area contributed by atoms with E-state index in [-0.39, 0.29) is 18.0 Å². The molecule has 1 fully saturated rings. The molecule has 1 aliphatic heterocycles. The molecule has 1 saturated heterocycles. The van der Waals surface area contributed by atoms with Crippen molar-refractivity contribution < 1.29 is 4.79 Å². The van der Waals surface area contributed by atoms with Crippen molar-refractivity contribution >= 4 is 27.5 Å². The van der Waals surface area contributed by atoms with Gasteiger partial charge < -0.3 is 5.32 Å². The fraction of sp³-hybridized carbons (Fsp3) is 0.333. The van der Waals surface area contributed by atoms with Gasteiger partial charge in [-0.05, 0) is 44.0 Å². The Labute approximate surface area is 157 Å². The Kier molecular flexibility index (Phi) is 5.00. The van der Waals surface area contributed by atoms with Gasteiger partial charge in [0.05, 0.1) is 28.8 Å². The molecule has 1 aliphatic rings. The number of likely N-dealkylation sites (tertiary alicyclic amines) is 1. The Hall–Kier alpha value is -2.24. The molecule has 0 unspecified atom stereocenters. The zero-order valence-electron chi connectivity index (χ0n) is 14.9. The summed E-state index contributed by atoms with van der Waals surface area (Å²) in [6.07, 6.45) is 2.18. The van der Waals surface area contributed by atoms with Gasteiger partial charge in [0.15, 0.2) is 0 Å². The van der Waals surface area contributed by atoms with Gasteiger partial charge in [-0.25, -0.2) is 4.98 Å². The lowest BCUT2D eigenvalue weighted by Gasteiger charge is -2.23. The molecule has 1 amide bonds. The standard InChI is InChI=1S/C21H23N3OS/c1-15(16-8-3-2-4-9-16)22-20(25)14-24-13-7-11-18(24)21-23-17-10-5-6-12-19(17)26-21/h2-6,8-10,12,15,18H,7,11,13-14H2,1H3,(H,22,25)/t15-,18-/m1/s1. The second-order valence-electron chi connectivity index (χ2n) is 6.85. The average molecular weight is 366 g/mol. The third-order valence-electron chi connectivity index (χ3n) is 4.98. The third kappa shape index (κ3) is 3.64. The molecule has 2 atom stereocenters. The van der Waals surface area contributed by atoms with E-state index in [2.05, 4.69) is 28.4 Å². The second kappa shape index (κ2) is 7.56. The van der Waals surface area contributed by atoms with Crippen LogP contribution in [0, 0.1) is 0 Å². The summed E-state index contributed by atoms with van der Waals surface area (Å²) in [4.78, 5) is 19.6. The van der Waals surface area contributed by atoms with E-state index in [1.54, 1.807) is 11.3 Å². The molecule has 5 heteroatoms. The van der Waals surface area contributed by atoms with Crippen molar-refractivity contribution in [1.82, 2.24) is 15.2 Å². The first kappa shape index (κ1) is 17.2. The fourth-order valence-corrected chi connectivity index (χ4v) is 4.76. The van der Waals surface area contributed by atoms with Crippen LogP contribution in [-0.2, 0) is 4.79 Å². The number of benzene rings is 2. The number of carbonyl (C=O) groups excluding carboxylic acids is 1. The van der Waals surface area contributed by atoms with Crippen LogP contribution in [0.4, 0.5) is 0 Å². The number of fused-ring (bicyclic) bond motifs is 1. The zero-order chi connectivity index (χ0) is 17.9. The Balaban J connectivity index is 1.42. The molecule has 0 aliphatic carbocycles. The fourth-order valence-electron chi connectivity index (χ4n) is 3.62. The van der Waals surface area contributed by atoms with Gasteiger partial charge in [0, 0.05) is 0 Å². The number of amides is 1. The van der Waals surface area contributed by atoms with E-state index in [4.69, 9.17) is 4.98 Å². The van der Waals surface area contributed by atoms with E-state index < -0.39 is 0 Å². The van der Waals surface area contributed by atoms with E-state index in [1.807, 2.05) is 43.3 Å². The molecule has 26 heavy (non-hydrogen) atoms. The maximum atomic E-state index is 12.6. The molecule has 2 aromatic carbocycles. The first-order valence-corrected chi connectivity index (χ1v) is 9.96. The highest BCUT2D eigenvalue weighted by Gasteiger charge is 2.30. The normalized spacial score (nSPS) is 18.9. The smallest absolute Gasteiger partial charge is 0.234 e. The Morgan fingerprint density at radius 2 is 2.00 bits per heavy atom. The molecule has 0 spiro atoms. The predicted molar refractivity (Wildman–Crippen MR) is 106 cm³/mol. The molecule has 4 nitrogen and oxygen atoms in total. The number of carbonyl (C=O) groups is 1. The number of thiazole rings is 1. The van der Waals surface area contributed by atoms with Crippen LogP contribution in [0.1, 0.15) is 42.4 Å². The molecule has 4 rings (SSSR count). The van der Waals surface area contributed by atoms with Gasteiger partial charge >= 0.3 is 0 Å². The van der Waals surface area contributed by atoms with E-state index in [9.17, 15) is 4.79 Å². The van der Waals surface area contributed by atoms with Gasteiger partial charge in [0.2, 0.25) is 5.91 Å². The Bertz CT molecular complexity index is 859. The number of hydrogen-bond acceptors (Lipinski definition) is 4. The van der Waals surface area contributed by atoms with Crippen molar-refractivity contribution in [3.05, 3.63) is 65.2 Å². The highest BCUT2D eigenvalue weighted by Crippen LogP contribution is 2.36. The van der Waals surface area contributed by atoms with Crippen LogP contribution in [-0.4, -0.2) is 28.9 Å². The minimum Gasteiger partial charge on any atom is -0.348 e. The van der Waals surface area contributed by atoms with Crippen molar-refractivity contribution in [2.75, 3.05) is 13.1 Å². The molecule has 0 radical (unpaired) electrons. The highest BCUT2D eigenvalue weighted by atomic mass is 32.1. The molecule has 134 valence electrons. The molecule has 0 bridgehead atoms. The summed E-state index contributed by atoms with van der Waals surface area (Å²) in [5.41, 5.74) is 2.19. The van der Waals surface area contributed by atoms with Crippen LogP contribution < -0.4 is 5.32 Å². The monoisotopic (exact) mass is 365 g/mol. The van der Waals surface area contributed by atoms with Gasteiger partial charge in [0.25, 0.3) is 0 Å². The van der Waals surface area contributed by atoms with Crippen LogP contribution in [0.5, 0.6) is 0 Å². The lowest BCUT2D eigenvalue weighted by molar-refractivity contribution is -0.123. The maximum Gasteiger partial charge on any atom is 0.234 e. The quantitative estimate of drug-likeness (QED) is 0.733. The molecule has 0 saturated carbocycles. The molecule has 3 aromatic rings.